The van der Waals surface area contributed by atoms with Crippen LogP contribution in [0.5, 0.6) is 0 Å². The number of fused-ring (bicyclic) bond motifs is 1. The van der Waals surface area contributed by atoms with Crippen molar-refractivity contribution in [2.45, 2.75) is 6.92 Å². The normalized spacial score (nSPS) is 11.0. The number of benzene rings is 1. The van der Waals surface area contributed by atoms with Crippen LogP contribution in [0.2, 0.25) is 0 Å². The molecule has 0 aliphatic carbocycles. The Bertz CT molecular complexity index is 561. The Labute approximate surface area is 91.8 Å². The van der Waals surface area contributed by atoms with Crippen LogP contribution in [0.25, 0.3) is 16.2 Å². The van der Waals surface area contributed by atoms with E-state index in [-0.39, 0.29) is 0 Å². The first kappa shape index (κ1) is 8.68. The summed E-state index contributed by atoms with van der Waals surface area (Å²) in [5.74, 6) is 0. The number of nitrogens with zero attached hydrogens (tertiary/aromatic N) is 2. The van der Waals surface area contributed by atoms with Crippen LogP contribution in [0.3, 0.4) is 0 Å². The van der Waals surface area contributed by atoms with Gasteiger partial charge < -0.3 is 0 Å². The maximum Gasteiger partial charge on any atom is 0.194 e. The maximum absolute atomic E-state index is 4.55. The summed E-state index contributed by atoms with van der Waals surface area (Å²) in [6.45, 7) is 2.09. The maximum atomic E-state index is 4.55. The van der Waals surface area contributed by atoms with E-state index < -0.39 is 0 Å². The molecule has 1 aromatic carbocycles. The Morgan fingerprint density at radius 3 is 2.73 bits per heavy atom. The summed E-state index contributed by atoms with van der Waals surface area (Å²) in [4.78, 5) is 5.60. The van der Waals surface area contributed by atoms with Crippen molar-refractivity contribution in [3.8, 4) is 11.3 Å². The first-order chi connectivity index (χ1) is 7.33. The lowest BCUT2D eigenvalue weighted by atomic mass is 10.1. The molecular weight excluding hydrogens is 204 g/mol. The Kier molecular flexibility index (Phi) is 1.86. The number of imidazole rings is 1. The van der Waals surface area contributed by atoms with E-state index in [1.807, 2.05) is 11.6 Å². The highest BCUT2D eigenvalue weighted by Gasteiger charge is 2.03. The highest BCUT2D eigenvalue weighted by atomic mass is 32.1. The van der Waals surface area contributed by atoms with Gasteiger partial charge in [0.2, 0.25) is 0 Å². The van der Waals surface area contributed by atoms with Crippen LogP contribution in [0.1, 0.15) is 5.56 Å². The number of hydrogen-bond acceptors (Lipinski definition) is 2. The van der Waals surface area contributed by atoms with E-state index in [2.05, 4.69) is 46.8 Å². The number of thiazole rings is 1. The predicted octanol–water partition coefficient (Wildman–Crippen LogP) is 3.37. The van der Waals surface area contributed by atoms with Crippen molar-refractivity contribution in [3.05, 3.63) is 47.6 Å². The average Bonchev–Trinajstić information content (AvgIpc) is 2.78. The van der Waals surface area contributed by atoms with Crippen LogP contribution in [-0.4, -0.2) is 9.38 Å². The van der Waals surface area contributed by atoms with Crippen LogP contribution in [0, 0.1) is 6.92 Å². The van der Waals surface area contributed by atoms with Crippen molar-refractivity contribution in [2.75, 3.05) is 0 Å². The van der Waals surface area contributed by atoms with Gasteiger partial charge in [0.1, 0.15) is 0 Å². The van der Waals surface area contributed by atoms with E-state index in [0.29, 0.717) is 0 Å². The second kappa shape index (κ2) is 3.21. The molecule has 0 aliphatic rings. The lowest BCUT2D eigenvalue weighted by Crippen LogP contribution is -1.77. The van der Waals surface area contributed by atoms with Gasteiger partial charge in [0, 0.05) is 23.3 Å². The van der Waals surface area contributed by atoms with Crippen molar-refractivity contribution in [3.63, 3.8) is 0 Å². The molecule has 0 aliphatic heterocycles. The minimum atomic E-state index is 1.04. The van der Waals surface area contributed by atoms with E-state index in [9.17, 15) is 0 Å². The lowest BCUT2D eigenvalue weighted by molar-refractivity contribution is 1.23. The summed E-state index contributed by atoms with van der Waals surface area (Å²) >= 11 is 1.66. The molecule has 0 saturated carbocycles. The van der Waals surface area contributed by atoms with E-state index >= 15 is 0 Å². The van der Waals surface area contributed by atoms with E-state index in [4.69, 9.17) is 0 Å². The molecule has 15 heavy (non-hydrogen) atoms. The van der Waals surface area contributed by atoms with Gasteiger partial charge >= 0.3 is 0 Å². The summed E-state index contributed by atoms with van der Waals surface area (Å²) in [6.07, 6.45) is 4.10. The van der Waals surface area contributed by atoms with Gasteiger partial charge in [-0.3, -0.25) is 4.40 Å². The summed E-state index contributed by atoms with van der Waals surface area (Å²) in [5, 5.41) is 2.04. The van der Waals surface area contributed by atoms with Crippen LogP contribution in [0.15, 0.2) is 42.0 Å². The SMILES string of the molecule is Cc1ccc(-c2cn3ccsc3n2)cc1. The smallest absolute Gasteiger partial charge is 0.194 e. The van der Waals surface area contributed by atoms with Crippen LogP contribution in [0.4, 0.5) is 0 Å². The number of aryl methyl sites for hydroxylation is 1. The molecule has 0 radical (unpaired) electrons. The second-order valence-electron chi connectivity index (χ2n) is 3.59. The van der Waals surface area contributed by atoms with Crippen molar-refractivity contribution in [1.29, 1.82) is 0 Å². The molecule has 2 heterocycles. The first-order valence-corrected chi connectivity index (χ1v) is 5.70. The third-order valence-electron chi connectivity index (χ3n) is 2.44. The first-order valence-electron chi connectivity index (χ1n) is 4.82. The second-order valence-corrected chi connectivity index (χ2v) is 4.46. The Morgan fingerprint density at radius 2 is 2.00 bits per heavy atom. The topological polar surface area (TPSA) is 17.3 Å². The molecule has 2 aromatic heterocycles. The zero-order valence-corrected chi connectivity index (χ0v) is 9.16. The van der Waals surface area contributed by atoms with E-state index in [0.717, 1.165) is 10.7 Å². The summed E-state index contributed by atoms with van der Waals surface area (Å²) in [6, 6.07) is 8.45. The number of aromatic nitrogens is 2. The standard InChI is InChI=1S/C12H10N2S/c1-9-2-4-10(5-3-9)11-8-14-6-7-15-12(14)13-11/h2-8H,1H3. The number of hydrogen-bond donors (Lipinski definition) is 0. The summed E-state index contributed by atoms with van der Waals surface area (Å²) < 4.78 is 2.06. The predicted molar refractivity (Wildman–Crippen MR) is 63.2 cm³/mol. The Hall–Kier alpha value is -1.61. The van der Waals surface area contributed by atoms with Crippen LogP contribution < -0.4 is 0 Å². The van der Waals surface area contributed by atoms with Crippen molar-refractivity contribution < 1.29 is 0 Å². The minimum absolute atomic E-state index is 1.04. The molecule has 3 heteroatoms. The molecule has 0 amide bonds. The lowest BCUT2D eigenvalue weighted by Gasteiger charge is -1.96. The van der Waals surface area contributed by atoms with E-state index in [1.165, 1.54) is 11.1 Å². The molecule has 0 spiro atoms. The fraction of sp³-hybridized carbons (Fsp3) is 0.0833. The van der Waals surface area contributed by atoms with E-state index in [1.54, 1.807) is 11.3 Å². The molecule has 3 rings (SSSR count). The molecule has 74 valence electrons. The molecular formula is C12H10N2S. The highest BCUT2D eigenvalue weighted by molar-refractivity contribution is 7.15. The minimum Gasteiger partial charge on any atom is -0.297 e. The van der Waals surface area contributed by atoms with Crippen molar-refractivity contribution in [2.24, 2.45) is 0 Å². The molecule has 0 saturated heterocycles. The van der Waals surface area contributed by atoms with Gasteiger partial charge in [-0.05, 0) is 6.92 Å². The van der Waals surface area contributed by atoms with Crippen molar-refractivity contribution in [1.82, 2.24) is 9.38 Å². The fourth-order valence-electron chi connectivity index (χ4n) is 1.59. The average molecular weight is 214 g/mol. The quantitative estimate of drug-likeness (QED) is 0.607. The van der Waals surface area contributed by atoms with Gasteiger partial charge in [0.15, 0.2) is 4.96 Å². The van der Waals surface area contributed by atoms with Gasteiger partial charge in [-0.2, -0.15) is 0 Å². The zero-order chi connectivity index (χ0) is 10.3. The third-order valence-corrected chi connectivity index (χ3v) is 3.21. The third kappa shape index (κ3) is 1.45. The van der Waals surface area contributed by atoms with Gasteiger partial charge in [-0.25, -0.2) is 4.98 Å². The van der Waals surface area contributed by atoms with Gasteiger partial charge in [-0.15, -0.1) is 11.3 Å². The monoisotopic (exact) mass is 214 g/mol. The van der Waals surface area contributed by atoms with Gasteiger partial charge in [0.25, 0.3) is 0 Å². The number of rotatable bonds is 1. The molecule has 2 nitrogen and oxygen atoms in total. The fourth-order valence-corrected chi connectivity index (χ4v) is 2.29. The summed E-state index contributed by atoms with van der Waals surface area (Å²) in [5.41, 5.74) is 3.50. The Morgan fingerprint density at radius 1 is 1.20 bits per heavy atom. The van der Waals surface area contributed by atoms with Gasteiger partial charge in [-0.1, -0.05) is 29.8 Å². The van der Waals surface area contributed by atoms with Gasteiger partial charge in [0.05, 0.1) is 5.69 Å². The largest absolute Gasteiger partial charge is 0.297 e. The molecule has 0 unspecified atom stereocenters. The molecule has 0 atom stereocenters. The molecule has 0 fully saturated rings. The Balaban J connectivity index is 2.13. The molecule has 0 bridgehead atoms. The van der Waals surface area contributed by atoms with Crippen LogP contribution in [-0.2, 0) is 0 Å². The van der Waals surface area contributed by atoms with Crippen LogP contribution >= 0.6 is 11.3 Å². The van der Waals surface area contributed by atoms with Crippen molar-refractivity contribution >= 4 is 16.3 Å². The molecule has 0 N–H and O–H groups in total. The highest BCUT2D eigenvalue weighted by Crippen LogP contribution is 2.21. The summed E-state index contributed by atoms with van der Waals surface area (Å²) in [7, 11) is 0. The molecule has 3 aromatic rings. The zero-order valence-electron chi connectivity index (χ0n) is 8.34.